The van der Waals surface area contributed by atoms with Gasteiger partial charge >= 0.3 is 0 Å². The van der Waals surface area contributed by atoms with Crippen LogP contribution in [0.1, 0.15) is 24.5 Å². The summed E-state index contributed by atoms with van der Waals surface area (Å²) in [4.78, 5) is 12.3. The number of amides is 1. The van der Waals surface area contributed by atoms with E-state index < -0.39 is 17.3 Å². The van der Waals surface area contributed by atoms with Crippen LogP contribution in [0, 0.1) is 11.2 Å². The van der Waals surface area contributed by atoms with Gasteiger partial charge in [-0.1, -0.05) is 18.2 Å². The second-order valence-corrected chi connectivity index (χ2v) is 5.34. The molecule has 0 spiro atoms. The van der Waals surface area contributed by atoms with E-state index in [0.29, 0.717) is 26.1 Å². The molecule has 0 aliphatic carbocycles. The second-order valence-electron chi connectivity index (χ2n) is 5.34. The van der Waals surface area contributed by atoms with Gasteiger partial charge < -0.3 is 20.9 Å². The molecular weight excluding hydrogens is 275 g/mol. The lowest BCUT2D eigenvalue weighted by molar-refractivity contribution is -0.136. The van der Waals surface area contributed by atoms with Gasteiger partial charge in [0, 0.05) is 31.9 Å². The molecule has 0 bridgehead atoms. The lowest BCUT2D eigenvalue weighted by Crippen LogP contribution is -2.49. The number of aliphatic hydroxyl groups is 1. The van der Waals surface area contributed by atoms with Crippen molar-refractivity contribution in [2.24, 2.45) is 11.1 Å². The molecule has 1 aliphatic rings. The van der Waals surface area contributed by atoms with Crippen LogP contribution in [0.2, 0.25) is 0 Å². The van der Waals surface area contributed by atoms with E-state index >= 15 is 0 Å². The van der Waals surface area contributed by atoms with Gasteiger partial charge in [0.05, 0.1) is 11.5 Å². The van der Waals surface area contributed by atoms with E-state index in [1.54, 1.807) is 12.1 Å². The molecule has 6 heteroatoms. The largest absolute Gasteiger partial charge is 0.386 e. The quantitative estimate of drug-likeness (QED) is 0.748. The molecule has 0 aromatic heterocycles. The molecule has 1 unspecified atom stereocenters. The molecule has 1 saturated heterocycles. The molecular formula is C15H21FN2O3. The summed E-state index contributed by atoms with van der Waals surface area (Å²) in [6.45, 7) is 1.20. The Labute approximate surface area is 123 Å². The molecule has 1 aromatic rings. The number of nitrogens with two attached hydrogens (primary N) is 1. The molecule has 5 nitrogen and oxygen atoms in total. The number of carbonyl (C=O) groups excluding carboxylic acids is 1. The standard InChI is InChI=1S/C15H21FN2O3/c16-12-4-2-1-3-11(12)13(19)9-18-14(20)15(10-17)5-7-21-8-6-15/h1-4,13,19H,5-10,17H2,(H,18,20). The smallest absolute Gasteiger partial charge is 0.227 e. The van der Waals surface area contributed by atoms with Crippen LogP contribution in [0.15, 0.2) is 24.3 Å². The Morgan fingerprint density at radius 1 is 1.43 bits per heavy atom. The number of benzene rings is 1. The van der Waals surface area contributed by atoms with E-state index in [1.807, 2.05) is 0 Å². The topological polar surface area (TPSA) is 84.6 Å². The van der Waals surface area contributed by atoms with Crippen molar-refractivity contribution in [3.8, 4) is 0 Å². The Morgan fingerprint density at radius 3 is 2.71 bits per heavy atom. The third-order valence-corrected chi connectivity index (χ3v) is 4.04. The highest BCUT2D eigenvalue weighted by Crippen LogP contribution is 2.29. The van der Waals surface area contributed by atoms with E-state index in [1.165, 1.54) is 12.1 Å². The minimum Gasteiger partial charge on any atom is -0.386 e. The fourth-order valence-electron chi connectivity index (χ4n) is 2.52. The van der Waals surface area contributed by atoms with Crippen molar-refractivity contribution in [2.75, 3.05) is 26.3 Å². The molecule has 1 heterocycles. The lowest BCUT2D eigenvalue weighted by Gasteiger charge is -2.34. The number of aliphatic hydroxyl groups excluding tert-OH is 1. The molecule has 116 valence electrons. The average Bonchev–Trinajstić information content (AvgIpc) is 2.53. The van der Waals surface area contributed by atoms with Crippen LogP contribution in [0.25, 0.3) is 0 Å². The van der Waals surface area contributed by atoms with Crippen molar-refractivity contribution < 1.29 is 19.0 Å². The zero-order valence-corrected chi connectivity index (χ0v) is 11.8. The van der Waals surface area contributed by atoms with Crippen molar-refractivity contribution >= 4 is 5.91 Å². The highest BCUT2D eigenvalue weighted by Gasteiger charge is 2.38. The number of ether oxygens (including phenoxy) is 1. The van der Waals surface area contributed by atoms with Crippen molar-refractivity contribution in [1.29, 1.82) is 0 Å². The maximum atomic E-state index is 13.6. The summed E-state index contributed by atoms with van der Waals surface area (Å²) in [6, 6.07) is 5.97. The molecule has 1 amide bonds. The molecule has 0 radical (unpaired) electrons. The molecule has 1 fully saturated rings. The first kappa shape index (κ1) is 15.9. The van der Waals surface area contributed by atoms with Gasteiger partial charge in [0.15, 0.2) is 0 Å². The summed E-state index contributed by atoms with van der Waals surface area (Å²) < 4.78 is 18.8. The number of hydrogen-bond acceptors (Lipinski definition) is 4. The lowest BCUT2D eigenvalue weighted by atomic mass is 9.79. The van der Waals surface area contributed by atoms with Crippen LogP contribution < -0.4 is 11.1 Å². The summed E-state index contributed by atoms with van der Waals surface area (Å²) in [5.74, 6) is -0.692. The van der Waals surface area contributed by atoms with Crippen LogP contribution in [-0.4, -0.2) is 37.3 Å². The van der Waals surface area contributed by atoms with Gasteiger partial charge in [-0.25, -0.2) is 4.39 Å². The SMILES string of the molecule is NCC1(C(=O)NCC(O)c2ccccc2F)CCOCC1. The third kappa shape index (κ3) is 3.58. The average molecular weight is 296 g/mol. The highest BCUT2D eigenvalue weighted by molar-refractivity contribution is 5.83. The molecule has 21 heavy (non-hydrogen) atoms. The van der Waals surface area contributed by atoms with E-state index in [9.17, 15) is 14.3 Å². The summed E-state index contributed by atoms with van der Waals surface area (Å²) >= 11 is 0. The summed E-state index contributed by atoms with van der Waals surface area (Å²) in [6.07, 6.45) is 0.0424. The maximum absolute atomic E-state index is 13.6. The van der Waals surface area contributed by atoms with Gasteiger partial charge in [0.2, 0.25) is 5.91 Å². The van der Waals surface area contributed by atoms with Crippen LogP contribution in [0.3, 0.4) is 0 Å². The third-order valence-electron chi connectivity index (χ3n) is 4.04. The Bertz CT molecular complexity index is 490. The molecule has 4 N–H and O–H groups in total. The molecule has 0 saturated carbocycles. The summed E-state index contributed by atoms with van der Waals surface area (Å²) in [5, 5.41) is 12.7. The first-order chi connectivity index (χ1) is 10.1. The second kappa shape index (κ2) is 6.98. The molecule has 1 aromatic carbocycles. The molecule has 1 atom stereocenters. The van der Waals surface area contributed by atoms with Crippen molar-refractivity contribution in [3.05, 3.63) is 35.6 Å². The van der Waals surface area contributed by atoms with Gasteiger partial charge in [-0.15, -0.1) is 0 Å². The number of nitrogens with one attached hydrogen (secondary N) is 1. The zero-order valence-electron chi connectivity index (χ0n) is 11.8. The minimum atomic E-state index is -1.08. The van der Waals surface area contributed by atoms with Gasteiger partial charge in [-0.05, 0) is 18.9 Å². The normalized spacial score (nSPS) is 19.0. The van der Waals surface area contributed by atoms with E-state index in [0.717, 1.165) is 0 Å². The number of rotatable bonds is 5. The summed E-state index contributed by atoms with van der Waals surface area (Å²) in [7, 11) is 0. The fourth-order valence-corrected chi connectivity index (χ4v) is 2.52. The predicted molar refractivity (Wildman–Crippen MR) is 75.9 cm³/mol. The minimum absolute atomic E-state index is 0.0393. The number of halogens is 1. The Kier molecular flexibility index (Phi) is 5.27. The van der Waals surface area contributed by atoms with Gasteiger partial charge in [0.25, 0.3) is 0 Å². The number of hydrogen-bond donors (Lipinski definition) is 3. The Morgan fingerprint density at radius 2 is 2.10 bits per heavy atom. The van der Waals surface area contributed by atoms with Crippen molar-refractivity contribution in [1.82, 2.24) is 5.32 Å². The molecule has 1 aliphatic heterocycles. The van der Waals surface area contributed by atoms with Gasteiger partial charge in [0.1, 0.15) is 5.82 Å². The fraction of sp³-hybridized carbons (Fsp3) is 0.533. The van der Waals surface area contributed by atoms with Crippen molar-refractivity contribution in [3.63, 3.8) is 0 Å². The van der Waals surface area contributed by atoms with E-state index in [4.69, 9.17) is 10.5 Å². The number of carbonyl (C=O) groups is 1. The Balaban J connectivity index is 1.95. The highest BCUT2D eigenvalue weighted by atomic mass is 19.1. The monoisotopic (exact) mass is 296 g/mol. The van der Waals surface area contributed by atoms with Gasteiger partial charge in [-0.2, -0.15) is 0 Å². The summed E-state index contributed by atoms with van der Waals surface area (Å²) in [5.41, 5.74) is 5.27. The predicted octanol–water partition coefficient (Wildman–Crippen LogP) is 0.731. The van der Waals surface area contributed by atoms with Gasteiger partial charge in [-0.3, -0.25) is 4.79 Å². The van der Waals surface area contributed by atoms with Crippen molar-refractivity contribution in [2.45, 2.75) is 18.9 Å². The first-order valence-electron chi connectivity index (χ1n) is 7.08. The first-order valence-corrected chi connectivity index (χ1v) is 7.08. The maximum Gasteiger partial charge on any atom is 0.227 e. The van der Waals surface area contributed by atoms with E-state index in [2.05, 4.69) is 5.32 Å². The van der Waals surface area contributed by atoms with Crippen LogP contribution >= 0.6 is 0 Å². The Hall–Kier alpha value is -1.50. The molecule has 2 rings (SSSR count). The van der Waals surface area contributed by atoms with E-state index in [-0.39, 0.29) is 24.6 Å². The van der Waals surface area contributed by atoms with Crippen LogP contribution in [0.5, 0.6) is 0 Å². The van der Waals surface area contributed by atoms with Crippen LogP contribution in [0.4, 0.5) is 4.39 Å². The van der Waals surface area contributed by atoms with Crippen LogP contribution in [-0.2, 0) is 9.53 Å². The zero-order chi connectivity index (χ0) is 15.3.